The van der Waals surface area contributed by atoms with Crippen molar-refractivity contribution in [3.8, 4) is 17.2 Å². The van der Waals surface area contributed by atoms with Crippen LogP contribution < -0.4 is 25.0 Å². The van der Waals surface area contributed by atoms with Crippen LogP contribution in [0.4, 0.5) is 16.6 Å². The molecule has 2 aliphatic rings. The Hall–Kier alpha value is -5.10. The number of piperidine rings is 1. The first kappa shape index (κ1) is 34.4. The zero-order valence-electron chi connectivity index (χ0n) is 30.0. The Morgan fingerprint density at radius 1 is 0.980 bits per heavy atom. The maximum absolute atomic E-state index is 13.7. The standard InChI is InChI=1S/C39H48N8O4/c1-25-11-8-9-20-45(25)38-43-42-35-19-16-29(23-46(35)38)51-33-18-17-32(30-14-6-7-15-31(30)33)40-37(49)41-36-22-34(39(3,4)5)44-47(36)27-12-10-13-28(21-27)50-26(2)24-48/h6-7,10,12-16,19,21-23,25-26,32-33,48H,8-9,11,17-18,20,24H2,1-5H3,(H2,40,41,49)/t25-,26+,32-,33+/m0/s1. The van der Waals surface area contributed by atoms with E-state index in [1.807, 2.05) is 65.2 Å². The Kier molecular flexibility index (Phi) is 9.61. The summed E-state index contributed by atoms with van der Waals surface area (Å²) in [6.45, 7) is 11.2. The smallest absolute Gasteiger partial charge is 0.320 e. The van der Waals surface area contributed by atoms with E-state index in [-0.39, 0.29) is 36.3 Å². The highest BCUT2D eigenvalue weighted by molar-refractivity contribution is 5.89. The molecule has 51 heavy (non-hydrogen) atoms. The molecule has 4 atom stereocenters. The van der Waals surface area contributed by atoms with Gasteiger partial charge in [-0.25, -0.2) is 9.48 Å². The number of fused-ring (bicyclic) bond motifs is 2. The summed E-state index contributed by atoms with van der Waals surface area (Å²) >= 11 is 0. The number of carbonyl (C=O) groups excluding carboxylic acids is 1. The average Bonchev–Trinajstić information content (AvgIpc) is 3.74. The fraction of sp³-hybridized carbons (Fsp3) is 0.436. The number of nitrogens with one attached hydrogen (secondary N) is 2. The normalized spacial score (nSPS) is 19.7. The highest BCUT2D eigenvalue weighted by Gasteiger charge is 2.31. The molecule has 1 saturated heterocycles. The lowest BCUT2D eigenvalue weighted by molar-refractivity contribution is 0.129. The Bertz CT molecular complexity index is 2000. The lowest BCUT2D eigenvalue weighted by Crippen LogP contribution is -2.38. The van der Waals surface area contributed by atoms with Gasteiger partial charge in [0.1, 0.15) is 29.5 Å². The van der Waals surface area contributed by atoms with Gasteiger partial charge in [0.05, 0.1) is 30.2 Å². The van der Waals surface area contributed by atoms with Crippen molar-refractivity contribution in [1.82, 2.24) is 29.7 Å². The fourth-order valence-electron chi connectivity index (χ4n) is 7.01. The lowest BCUT2D eigenvalue weighted by Gasteiger charge is -2.33. The third-order valence-corrected chi connectivity index (χ3v) is 9.81. The number of aromatic nitrogens is 5. The van der Waals surface area contributed by atoms with Crippen molar-refractivity contribution in [3.05, 3.63) is 89.7 Å². The van der Waals surface area contributed by atoms with Gasteiger partial charge in [0.15, 0.2) is 5.65 Å². The number of urea groups is 1. The number of aliphatic hydroxyl groups is 1. The van der Waals surface area contributed by atoms with E-state index >= 15 is 0 Å². The molecule has 1 aliphatic carbocycles. The van der Waals surface area contributed by atoms with Crippen molar-refractivity contribution in [2.75, 3.05) is 23.4 Å². The minimum Gasteiger partial charge on any atom is -0.488 e. The molecule has 1 aliphatic heterocycles. The predicted octanol–water partition coefficient (Wildman–Crippen LogP) is 7.13. The number of amides is 2. The third kappa shape index (κ3) is 7.37. The minimum absolute atomic E-state index is 0.0949. The van der Waals surface area contributed by atoms with Crippen molar-refractivity contribution in [2.24, 2.45) is 0 Å². The lowest BCUT2D eigenvalue weighted by atomic mass is 9.85. The van der Waals surface area contributed by atoms with Crippen molar-refractivity contribution in [3.63, 3.8) is 0 Å². The Morgan fingerprint density at radius 3 is 2.59 bits per heavy atom. The highest BCUT2D eigenvalue weighted by atomic mass is 16.5. The van der Waals surface area contributed by atoms with Gasteiger partial charge in [-0.2, -0.15) is 5.10 Å². The quantitative estimate of drug-likeness (QED) is 0.149. The predicted molar refractivity (Wildman–Crippen MR) is 197 cm³/mol. The Labute approximate surface area is 298 Å². The molecule has 2 aromatic carbocycles. The summed E-state index contributed by atoms with van der Waals surface area (Å²) < 4.78 is 16.3. The summed E-state index contributed by atoms with van der Waals surface area (Å²) in [5.74, 6) is 2.75. The molecule has 0 unspecified atom stereocenters. The number of aliphatic hydroxyl groups excluding tert-OH is 1. The van der Waals surface area contributed by atoms with Crippen LogP contribution in [0.3, 0.4) is 0 Å². The van der Waals surface area contributed by atoms with E-state index in [0.29, 0.717) is 24.0 Å². The number of pyridine rings is 1. The summed E-state index contributed by atoms with van der Waals surface area (Å²) in [7, 11) is 0. The molecule has 4 heterocycles. The first-order valence-electron chi connectivity index (χ1n) is 18.0. The van der Waals surface area contributed by atoms with Crippen molar-refractivity contribution in [2.45, 2.75) is 96.4 Å². The maximum Gasteiger partial charge on any atom is 0.320 e. The highest BCUT2D eigenvalue weighted by Crippen LogP contribution is 2.39. The molecular weight excluding hydrogens is 644 g/mol. The van der Waals surface area contributed by atoms with Gasteiger partial charge in [-0.1, -0.05) is 51.1 Å². The molecule has 3 aromatic heterocycles. The van der Waals surface area contributed by atoms with Crippen molar-refractivity contribution in [1.29, 1.82) is 0 Å². The number of nitrogens with zero attached hydrogens (tertiary/aromatic N) is 6. The van der Waals surface area contributed by atoms with Crippen LogP contribution in [0, 0.1) is 0 Å². The summed E-state index contributed by atoms with van der Waals surface area (Å²) in [6, 6.07) is 21.3. The summed E-state index contributed by atoms with van der Waals surface area (Å²) in [5.41, 5.74) is 4.19. The van der Waals surface area contributed by atoms with E-state index in [4.69, 9.17) is 14.6 Å². The van der Waals surface area contributed by atoms with Gasteiger partial charge in [0, 0.05) is 30.1 Å². The van der Waals surface area contributed by atoms with Crippen LogP contribution in [0.2, 0.25) is 0 Å². The molecule has 3 N–H and O–H groups in total. The van der Waals surface area contributed by atoms with Gasteiger partial charge in [-0.15, -0.1) is 10.2 Å². The number of carbonyl (C=O) groups is 1. The van der Waals surface area contributed by atoms with Gasteiger partial charge >= 0.3 is 6.03 Å². The second-order valence-electron chi connectivity index (χ2n) is 14.8. The molecular formula is C39H48N8O4. The van der Waals surface area contributed by atoms with Crippen molar-refractivity contribution >= 4 is 23.4 Å². The molecule has 0 radical (unpaired) electrons. The van der Waals surface area contributed by atoms with E-state index < -0.39 is 0 Å². The molecule has 0 saturated carbocycles. The zero-order valence-corrected chi connectivity index (χ0v) is 30.0. The first-order chi connectivity index (χ1) is 24.6. The van der Waals surface area contributed by atoms with Gasteiger partial charge in [0.2, 0.25) is 5.95 Å². The van der Waals surface area contributed by atoms with Crippen LogP contribution in [-0.4, -0.2) is 60.8 Å². The molecule has 268 valence electrons. The third-order valence-electron chi connectivity index (χ3n) is 9.81. The number of hydrogen-bond acceptors (Lipinski definition) is 8. The van der Waals surface area contributed by atoms with Crippen LogP contribution >= 0.6 is 0 Å². The van der Waals surface area contributed by atoms with Crippen LogP contribution in [0.25, 0.3) is 11.3 Å². The van der Waals surface area contributed by atoms with E-state index in [1.165, 1.54) is 6.42 Å². The number of benzene rings is 2. The van der Waals surface area contributed by atoms with Crippen LogP contribution in [-0.2, 0) is 5.41 Å². The fourth-order valence-corrected chi connectivity index (χ4v) is 7.01. The van der Waals surface area contributed by atoms with Crippen molar-refractivity contribution < 1.29 is 19.4 Å². The van der Waals surface area contributed by atoms with E-state index in [0.717, 1.165) is 65.7 Å². The van der Waals surface area contributed by atoms with Gasteiger partial charge in [-0.3, -0.25) is 9.72 Å². The van der Waals surface area contributed by atoms with Crippen LogP contribution in [0.5, 0.6) is 11.5 Å². The van der Waals surface area contributed by atoms with Crippen LogP contribution in [0.1, 0.15) is 95.7 Å². The number of anilines is 2. The van der Waals surface area contributed by atoms with E-state index in [2.05, 4.69) is 65.6 Å². The van der Waals surface area contributed by atoms with Crippen LogP contribution in [0.15, 0.2) is 72.9 Å². The second kappa shape index (κ2) is 14.3. The SMILES string of the molecule is C[C@H](CO)Oc1cccc(-n2nc(C(C)(C)C)cc2NC(=O)N[C@H]2CC[C@@H](Oc3ccc4nnc(N5CCCC[C@@H]5C)n4c3)c3ccccc32)c1. The zero-order chi connectivity index (χ0) is 35.7. The number of ether oxygens (including phenoxy) is 2. The van der Waals surface area contributed by atoms with Gasteiger partial charge in [-0.05, 0) is 81.3 Å². The topological polar surface area (TPSA) is 131 Å². The summed E-state index contributed by atoms with van der Waals surface area (Å²) in [4.78, 5) is 16.0. The number of rotatable bonds is 9. The maximum atomic E-state index is 13.7. The molecule has 5 aromatic rings. The minimum atomic E-state index is -0.353. The van der Waals surface area contributed by atoms with E-state index in [9.17, 15) is 9.90 Å². The first-order valence-corrected chi connectivity index (χ1v) is 18.0. The van der Waals surface area contributed by atoms with E-state index in [1.54, 1.807) is 11.6 Å². The van der Waals surface area contributed by atoms with Gasteiger partial charge < -0.3 is 24.8 Å². The second-order valence-corrected chi connectivity index (χ2v) is 14.8. The molecule has 12 heteroatoms. The summed E-state index contributed by atoms with van der Waals surface area (Å²) in [5, 5.41) is 29.6. The summed E-state index contributed by atoms with van der Waals surface area (Å²) in [6.07, 6.45) is 6.43. The molecule has 0 spiro atoms. The molecule has 12 nitrogen and oxygen atoms in total. The van der Waals surface area contributed by atoms with Gasteiger partial charge in [0.25, 0.3) is 0 Å². The number of hydrogen-bond donors (Lipinski definition) is 3. The molecule has 0 bridgehead atoms. The largest absolute Gasteiger partial charge is 0.488 e. The Balaban J connectivity index is 1.08. The monoisotopic (exact) mass is 692 g/mol. The molecule has 1 fully saturated rings. The Morgan fingerprint density at radius 2 is 1.80 bits per heavy atom. The molecule has 2 amide bonds. The molecule has 7 rings (SSSR count). The average molecular weight is 693 g/mol.